The zero-order valence-corrected chi connectivity index (χ0v) is 14.7. The molecule has 0 unspecified atom stereocenters. The van der Waals surface area contributed by atoms with Crippen LogP contribution in [0.1, 0.15) is 10.4 Å². The third kappa shape index (κ3) is 2.34. The van der Waals surface area contributed by atoms with E-state index >= 15 is 0 Å². The van der Waals surface area contributed by atoms with E-state index in [4.69, 9.17) is 23.2 Å². The zero-order chi connectivity index (χ0) is 18.4. The second-order valence-electron chi connectivity index (χ2n) is 5.28. The van der Waals surface area contributed by atoms with Gasteiger partial charge in [-0.1, -0.05) is 29.3 Å². The van der Waals surface area contributed by atoms with E-state index < -0.39 is 11.5 Å². The maximum atomic E-state index is 12.9. The molecule has 0 aliphatic carbocycles. The summed E-state index contributed by atoms with van der Waals surface area (Å²) in [5.74, 6) is -0.590. The molecule has 0 spiro atoms. The van der Waals surface area contributed by atoms with Crippen molar-refractivity contribution in [2.75, 3.05) is 7.11 Å². The fraction of sp³-hybridized carbons (Fsp3) is 0.0625. The SMILES string of the molecule is COC(=O)c1cnn2c1nnc1c(=O)n(-c3cccc(Cl)c3Cl)ccc12. The van der Waals surface area contributed by atoms with Crippen LogP contribution in [0.3, 0.4) is 0 Å². The molecule has 8 nitrogen and oxygen atoms in total. The average Bonchev–Trinajstić information content (AvgIpc) is 3.08. The average molecular weight is 390 g/mol. The van der Waals surface area contributed by atoms with Gasteiger partial charge in [0, 0.05) is 6.20 Å². The lowest BCUT2D eigenvalue weighted by Gasteiger charge is -2.10. The molecule has 26 heavy (non-hydrogen) atoms. The van der Waals surface area contributed by atoms with Crippen LogP contribution in [0, 0.1) is 0 Å². The number of aromatic nitrogens is 5. The lowest BCUT2D eigenvalue weighted by molar-refractivity contribution is 0.0602. The minimum atomic E-state index is -0.590. The first kappa shape index (κ1) is 16.5. The van der Waals surface area contributed by atoms with Crippen LogP contribution in [0.25, 0.3) is 22.4 Å². The molecule has 0 radical (unpaired) electrons. The molecule has 0 saturated carbocycles. The van der Waals surface area contributed by atoms with Crippen molar-refractivity contribution in [3.63, 3.8) is 0 Å². The van der Waals surface area contributed by atoms with Gasteiger partial charge >= 0.3 is 5.97 Å². The quantitative estimate of drug-likeness (QED) is 0.489. The van der Waals surface area contributed by atoms with Crippen LogP contribution in [0.2, 0.25) is 10.0 Å². The number of fused-ring (bicyclic) bond motifs is 3. The van der Waals surface area contributed by atoms with E-state index in [0.717, 1.165) is 0 Å². The number of pyridine rings is 1. The Morgan fingerprint density at radius 1 is 1.19 bits per heavy atom. The van der Waals surface area contributed by atoms with Gasteiger partial charge in [0.05, 0.1) is 29.0 Å². The summed E-state index contributed by atoms with van der Waals surface area (Å²) in [5.41, 5.74) is 0.784. The molecule has 0 saturated heterocycles. The Kier molecular flexibility index (Phi) is 3.86. The van der Waals surface area contributed by atoms with Crippen molar-refractivity contribution in [2.24, 2.45) is 0 Å². The lowest BCUT2D eigenvalue weighted by atomic mass is 10.3. The number of benzene rings is 1. The third-order valence-corrected chi connectivity index (χ3v) is 4.67. The van der Waals surface area contributed by atoms with Gasteiger partial charge in [0.2, 0.25) is 0 Å². The molecule has 0 atom stereocenters. The Labute approximate surface area is 155 Å². The standard InChI is InChI=1S/C16H9Cl2N5O3/c1-26-16(25)8-7-19-23-11-5-6-22(10-4-2-3-9(17)12(10)18)15(24)13(11)20-21-14(8)23/h2-7H,1H3. The first-order valence-electron chi connectivity index (χ1n) is 7.31. The first-order valence-corrected chi connectivity index (χ1v) is 8.07. The van der Waals surface area contributed by atoms with Crippen molar-refractivity contribution in [3.05, 3.63) is 62.6 Å². The van der Waals surface area contributed by atoms with E-state index in [1.807, 2.05) is 0 Å². The largest absolute Gasteiger partial charge is 0.465 e. The van der Waals surface area contributed by atoms with Gasteiger partial charge in [-0.05, 0) is 18.2 Å². The number of rotatable bonds is 2. The molecule has 3 aromatic heterocycles. The van der Waals surface area contributed by atoms with E-state index in [2.05, 4.69) is 20.0 Å². The summed E-state index contributed by atoms with van der Waals surface area (Å²) in [4.78, 5) is 24.6. The minimum absolute atomic E-state index is 0.0653. The first-order chi connectivity index (χ1) is 12.5. The van der Waals surface area contributed by atoms with E-state index in [1.165, 1.54) is 28.6 Å². The van der Waals surface area contributed by atoms with Crippen LogP contribution in [0.4, 0.5) is 0 Å². The molecule has 0 N–H and O–H groups in total. The highest BCUT2D eigenvalue weighted by molar-refractivity contribution is 6.43. The van der Waals surface area contributed by atoms with Crippen molar-refractivity contribution in [3.8, 4) is 5.69 Å². The summed E-state index contributed by atoms with van der Waals surface area (Å²) in [7, 11) is 1.26. The summed E-state index contributed by atoms with van der Waals surface area (Å²) < 4.78 is 7.37. The van der Waals surface area contributed by atoms with Crippen LogP contribution >= 0.6 is 23.2 Å². The van der Waals surface area contributed by atoms with Gasteiger partial charge in [0.1, 0.15) is 11.1 Å². The predicted molar refractivity (Wildman–Crippen MR) is 95.2 cm³/mol. The molecule has 3 heterocycles. The highest BCUT2D eigenvalue weighted by Gasteiger charge is 2.18. The van der Waals surface area contributed by atoms with Crippen molar-refractivity contribution >= 4 is 45.9 Å². The van der Waals surface area contributed by atoms with Gasteiger partial charge in [-0.3, -0.25) is 9.36 Å². The number of halogens is 2. The second-order valence-corrected chi connectivity index (χ2v) is 6.07. The van der Waals surface area contributed by atoms with Crippen molar-refractivity contribution < 1.29 is 9.53 Å². The van der Waals surface area contributed by atoms with E-state index in [1.54, 1.807) is 24.3 Å². The molecule has 0 bridgehead atoms. The summed E-state index contributed by atoms with van der Waals surface area (Å²) >= 11 is 12.2. The number of carbonyl (C=O) groups excluding carboxylic acids is 1. The number of nitrogens with zero attached hydrogens (tertiary/aromatic N) is 5. The lowest BCUT2D eigenvalue weighted by Crippen LogP contribution is -2.20. The Bertz CT molecular complexity index is 1250. The number of ether oxygens (including phenoxy) is 1. The molecular weight excluding hydrogens is 381 g/mol. The van der Waals surface area contributed by atoms with Gasteiger partial charge in [0.15, 0.2) is 11.2 Å². The summed E-state index contributed by atoms with van der Waals surface area (Å²) in [5, 5.41) is 12.6. The Morgan fingerprint density at radius 3 is 2.77 bits per heavy atom. The summed E-state index contributed by atoms with van der Waals surface area (Å²) in [6, 6.07) is 6.60. The number of hydrogen-bond acceptors (Lipinski definition) is 6. The second kappa shape index (κ2) is 6.08. The van der Waals surface area contributed by atoms with Crippen molar-refractivity contribution in [1.82, 2.24) is 24.4 Å². The summed E-state index contributed by atoms with van der Waals surface area (Å²) in [6.07, 6.45) is 2.84. The minimum Gasteiger partial charge on any atom is -0.465 e. The van der Waals surface area contributed by atoms with Gasteiger partial charge in [-0.25, -0.2) is 9.31 Å². The van der Waals surface area contributed by atoms with Gasteiger partial charge in [0.25, 0.3) is 5.56 Å². The molecule has 4 rings (SSSR count). The molecular formula is C16H9Cl2N5O3. The Morgan fingerprint density at radius 2 is 2.00 bits per heavy atom. The fourth-order valence-corrected chi connectivity index (χ4v) is 3.00. The van der Waals surface area contributed by atoms with Crippen molar-refractivity contribution in [2.45, 2.75) is 0 Å². The topological polar surface area (TPSA) is 91.4 Å². The predicted octanol–water partition coefficient (Wildman–Crippen LogP) is 2.52. The maximum absolute atomic E-state index is 12.9. The fourth-order valence-electron chi connectivity index (χ4n) is 2.61. The monoisotopic (exact) mass is 389 g/mol. The number of methoxy groups -OCH3 is 1. The van der Waals surface area contributed by atoms with Crippen LogP contribution in [0.5, 0.6) is 0 Å². The van der Waals surface area contributed by atoms with Gasteiger partial charge in [-0.2, -0.15) is 5.10 Å². The molecule has 4 aromatic rings. The molecule has 0 aliphatic heterocycles. The van der Waals surface area contributed by atoms with Gasteiger partial charge in [-0.15, -0.1) is 10.2 Å². The number of carbonyl (C=O) groups is 1. The zero-order valence-electron chi connectivity index (χ0n) is 13.2. The molecule has 0 fully saturated rings. The highest BCUT2D eigenvalue weighted by Crippen LogP contribution is 2.28. The smallest absolute Gasteiger partial charge is 0.343 e. The van der Waals surface area contributed by atoms with Gasteiger partial charge < -0.3 is 4.74 Å². The summed E-state index contributed by atoms with van der Waals surface area (Å²) in [6.45, 7) is 0. The molecule has 0 amide bonds. The maximum Gasteiger partial charge on any atom is 0.343 e. The van der Waals surface area contributed by atoms with E-state index in [9.17, 15) is 9.59 Å². The Hall–Kier alpha value is -2.97. The number of esters is 1. The van der Waals surface area contributed by atoms with E-state index in [-0.39, 0.29) is 21.7 Å². The number of hydrogen-bond donors (Lipinski definition) is 0. The van der Waals surface area contributed by atoms with Crippen LogP contribution in [-0.4, -0.2) is 37.5 Å². The third-order valence-electron chi connectivity index (χ3n) is 3.86. The molecule has 1 aromatic carbocycles. The van der Waals surface area contributed by atoms with Crippen LogP contribution in [0.15, 0.2) is 41.5 Å². The van der Waals surface area contributed by atoms with Crippen LogP contribution in [-0.2, 0) is 4.74 Å². The molecule has 10 heteroatoms. The Balaban J connectivity index is 2.00. The normalized spacial score (nSPS) is 11.2. The molecule has 0 aliphatic rings. The van der Waals surface area contributed by atoms with Crippen LogP contribution < -0.4 is 5.56 Å². The molecule has 130 valence electrons. The highest BCUT2D eigenvalue weighted by atomic mass is 35.5. The van der Waals surface area contributed by atoms with E-state index in [0.29, 0.717) is 16.2 Å². The van der Waals surface area contributed by atoms with Crippen molar-refractivity contribution in [1.29, 1.82) is 0 Å².